The lowest BCUT2D eigenvalue weighted by atomic mass is 10.3. The van der Waals surface area contributed by atoms with Crippen molar-refractivity contribution >= 4 is 35.7 Å². The maximum atomic E-state index is 4.72. The van der Waals surface area contributed by atoms with Gasteiger partial charge in [0.2, 0.25) is 0 Å². The maximum absolute atomic E-state index is 4.72. The largest absolute Gasteiger partial charge is 0.323 e. The molecule has 4 aliphatic heterocycles. The van der Waals surface area contributed by atoms with E-state index in [4.69, 9.17) is 9.98 Å². The zero-order chi connectivity index (χ0) is 16.4. The molecule has 6 heterocycles. The fraction of sp³-hybridized carbons (Fsp3) is 0.0476. The highest BCUT2D eigenvalue weighted by Crippen LogP contribution is 2.22. The van der Waals surface area contributed by atoms with Gasteiger partial charge in [-0.3, -0.25) is 0 Å². The van der Waals surface area contributed by atoms with Gasteiger partial charge in [0.15, 0.2) is 0 Å². The number of rotatable bonds is 0. The minimum absolute atomic E-state index is 0.760. The summed E-state index contributed by atoms with van der Waals surface area (Å²) in [5.74, 6) is 0. The minimum Gasteiger partial charge on any atom is -0.323 e. The van der Waals surface area contributed by atoms with Gasteiger partial charge in [0, 0.05) is 22.1 Å². The van der Waals surface area contributed by atoms with Crippen LogP contribution in [0.15, 0.2) is 69.9 Å². The van der Waals surface area contributed by atoms with E-state index in [-0.39, 0.29) is 0 Å². The van der Waals surface area contributed by atoms with E-state index >= 15 is 0 Å². The highest BCUT2D eigenvalue weighted by molar-refractivity contribution is 6.20. The van der Waals surface area contributed by atoms with Crippen molar-refractivity contribution < 1.29 is 0 Å². The van der Waals surface area contributed by atoms with Gasteiger partial charge >= 0.3 is 0 Å². The normalized spacial score (nSPS) is 18.7. The molecule has 2 aromatic rings. The summed E-state index contributed by atoms with van der Waals surface area (Å²) in [6, 6.07) is 8.61. The standard InChI is InChI=1S/C21H14N4/c1-2-15-10-19-7-8-21-12-17-4-3-16(23-17)11-20-6-5-18(9-14(1)22-15)24(20)13-25(19)21/h1-12H,13H2. The van der Waals surface area contributed by atoms with Gasteiger partial charge in [0.05, 0.1) is 29.5 Å². The zero-order valence-corrected chi connectivity index (χ0v) is 13.4. The summed E-state index contributed by atoms with van der Waals surface area (Å²) in [6.07, 6.45) is 16.8. The van der Waals surface area contributed by atoms with E-state index in [0.717, 1.165) is 51.6 Å². The zero-order valence-electron chi connectivity index (χ0n) is 13.4. The Morgan fingerprint density at radius 2 is 1.16 bits per heavy atom. The topological polar surface area (TPSA) is 34.6 Å². The fourth-order valence-corrected chi connectivity index (χ4v) is 3.69. The van der Waals surface area contributed by atoms with Crippen LogP contribution in [0.3, 0.4) is 0 Å². The third kappa shape index (κ3) is 1.94. The molecule has 0 saturated carbocycles. The number of allylic oxidation sites excluding steroid dienone is 4. The number of fused-ring (bicyclic) bond motifs is 2. The van der Waals surface area contributed by atoms with Crippen LogP contribution in [0.5, 0.6) is 0 Å². The lowest BCUT2D eigenvalue weighted by Crippen LogP contribution is -2.31. The summed E-state index contributed by atoms with van der Waals surface area (Å²) in [6.45, 7) is 0.760. The first kappa shape index (κ1) is 13.0. The molecule has 0 fully saturated rings. The number of nitrogens with zero attached hydrogens (tertiary/aromatic N) is 4. The van der Waals surface area contributed by atoms with Gasteiger partial charge in [0.1, 0.15) is 0 Å². The Balaban J connectivity index is 1.79. The molecule has 4 aliphatic rings. The molecule has 4 nitrogen and oxygen atoms in total. The van der Waals surface area contributed by atoms with E-state index in [0.29, 0.717) is 0 Å². The van der Waals surface area contributed by atoms with Gasteiger partial charge in [-0.2, -0.15) is 0 Å². The van der Waals surface area contributed by atoms with Gasteiger partial charge in [-0.25, -0.2) is 9.98 Å². The van der Waals surface area contributed by atoms with E-state index in [1.54, 1.807) is 0 Å². The molecule has 0 aromatic carbocycles. The average molecular weight is 322 g/mol. The smallest absolute Gasteiger partial charge is 0.0999 e. The molecule has 0 radical (unpaired) electrons. The van der Waals surface area contributed by atoms with E-state index in [1.807, 2.05) is 0 Å². The van der Waals surface area contributed by atoms with Gasteiger partial charge in [0.25, 0.3) is 0 Å². The lowest BCUT2D eigenvalue weighted by Gasteiger charge is -2.14. The predicted octanol–water partition coefficient (Wildman–Crippen LogP) is 2.09. The summed E-state index contributed by atoms with van der Waals surface area (Å²) in [4.78, 5) is 9.43. The van der Waals surface area contributed by atoms with Gasteiger partial charge < -0.3 is 9.13 Å². The summed E-state index contributed by atoms with van der Waals surface area (Å²) in [7, 11) is 0. The third-order valence-electron chi connectivity index (χ3n) is 4.93. The molecule has 118 valence electrons. The van der Waals surface area contributed by atoms with Gasteiger partial charge in [-0.15, -0.1) is 0 Å². The number of aliphatic imine (C=N–C) groups is 2. The van der Waals surface area contributed by atoms with Crippen LogP contribution >= 0.6 is 0 Å². The highest BCUT2D eigenvalue weighted by atomic mass is 15.2. The average Bonchev–Trinajstić information content (AvgIpc) is 3.37. The van der Waals surface area contributed by atoms with Crippen LogP contribution in [-0.4, -0.2) is 20.6 Å². The second-order valence-corrected chi connectivity index (χ2v) is 6.53. The third-order valence-corrected chi connectivity index (χ3v) is 4.93. The van der Waals surface area contributed by atoms with Crippen LogP contribution in [0.2, 0.25) is 0 Å². The summed E-state index contributed by atoms with van der Waals surface area (Å²) >= 11 is 0. The summed E-state index contributed by atoms with van der Waals surface area (Å²) in [5.41, 5.74) is 6.26. The first-order chi connectivity index (χ1) is 12.3. The molecule has 0 spiro atoms. The van der Waals surface area contributed by atoms with Crippen molar-refractivity contribution in [3.05, 3.63) is 82.0 Å². The molecule has 0 unspecified atom stereocenters. The van der Waals surface area contributed by atoms with Crippen LogP contribution in [0, 0.1) is 0 Å². The van der Waals surface area contributed by atoms with Crippen LogP contribution < -0.4 is 10.7 Å². The Morgan fingerprint density at radius 1 is 0.600 bits per heavy atom. The second-order valence-electron chi connectivity index (χ2n) is 6.53. The molecule has 0 N–H and O–H groups in total. The monoisotopic (exact) mass is 322 g/mol. The second kappa shape index (κ2) is 4.57. The van der Waals surface area contributed by atoms with Gasteiger partial charge in [-0.1, -0.05) is 0 Å². The Hall–Kier alpha value is -3.40. The van der Waals surface area contributed by atoms with Crippen LogP contribution in [-0.2, 0) is 6.67 Å². The Labute approximate surface area is 144 Å². The van der Waals surface area contributed by atoms with Crippen molar-refractivity contribution in [2.45, 2.75) is 6.67 Å². The van der Waals surface area contributed by atoms with E-state index in [2.05, 4.69) is 82.0 Å². The molecule has 6 bridgehead atoms. The molecule has 0 atom stereocenters. The number of hydrogen-bond acceptors (Lipinski definition) is 2. The van der Waals surface area contributed by atoms with Crippen molar-refractivity contribution in [3.63, 3.8) is 0 Å². The number of aromatic nitrogens is 2. The van der Waals surface area contributed by atoms with Crippen molar-refractivity contribution in [3.8, 4) is 0 Å². The Kier molecular flexibility index (Phi) is 2.37. The molecule has 4 heteroatoms. The lowest BCUT2D eigenvalue weighted by molar-refractivity contribution is 0.582. The van der Waals surface area contributed by atoms with Crippen LogP contribution in [0.4, 0.5) is 0 Å². The Bertz CT molecular complexity index is 1160. The molecule has 6 rings (SSSR count). The van der Waals surface area contributed by atoms with Crippen LogP contribution in [0.1, 0.15) is 11.4 Å². The minimum atomic E-state index is 0.760. The van der Waals surface area contributed by atoms with E-state index in [9.17, 15) is 0 Å². The molecule has 25 heavy (non-hydrogen) atoms. The van der Waals surface area contributed by atoms with Crippen molar-refractivity contribution in [2.75, 3.05) is 0 Å². The molecule has 0 aliphatic carbocycles. The maximum Gasteiger partial charge on any atom is 0.0999 e. The first-order valence-corrected chi connectivity index (χ1v) is 8.37. The summed E-state index contributed by atoms with van der Waals surface area (Å²) in [5, 5.41) is 2.30. The van der Waals surface area contributed by atoms with Gasteiger partial charge in [-0.05, 0) is 72.9 Å². The Morgan fingerprint density at radius 3 is 1.72 bits per heavy atom. The quantitative estimate of drug-likeness (QED) is 0.712. The van der Waals surface area contributed by atoms with E-state index in [1.165, 1.54) is 0 Å². The molecule has 2 aromatic heterocycles. The van der Waals surface area contributed by atoms with E-state index < -0.39 is 0 Å². The molecule has 0 amide bonds. The SMILES string of the molecule is C1=CC2=NC1=Cc1ccc3n1Cn1c(ccc1=CC1=NC(=C3)C=C1)=C2. The van der Waals surface area contributed by atoms with Crippen molar-refractivity contribution in [1.82, 2.24) is 9.13 Å². The molecular formula is C21H14N4. The molecular weight excluding hydrogens is 308 g/mol. The summed E-state index contributed by atoms with van der Waals surface area (Å²) < 4.78 is 4.63. The predicted molar refractivity (Wildman–Crippen MR) is 102 cm³/mol. The number of hydrogen-bond donors (Lipinski definition) is 0. The van der Waals surface area contributed by atoms with Crippen molar-refractivity contribution in [1.29, 1.82) is 0 Å². The molecule has 0 saturated heterocycles. The first-order valence-electron chi connectivity index (χ1n) is 8.37. The van der Waals surface area contributed by atoms with Crippen molar-refractivity contribution in [2.24, 2.45) is 9.98 Å². The van der Waals surface area contributed by atoms with Crippen LogP contribution in [0.25, 0.3) is 24.3 Å². The fourth-order valence-electron chi connectivity index (χ4n) is 3.69. The highest BCUT2D eigenvalue weighted by Gasteiger charge is 2.14.